The van der Waals surface area contributed by atoms with E-state index in [9.17, 15) is 26.7 Å². The number of hydrogen-bond acceptors (Lipinski definition) is 2. The van der Waals surface area contributed by atoms with Crippen molar-refractivity contribution in [2.75, 3.05) is 0 Å². The molecule has 1 unspecified atom stereocenters. The smallest absolute Gasteiger partial charge is 0.315 e. The highest BCUT2D eigenvalue weighted by molar-refractivity contribution is 5.73. The average molecular weight is 336 g/mol. The van der Waals surface area contributed by atoms with Crippen LogP contribution in [0.25, 0.3) is 0 Å². The number of benzene rings is 1. The molecule has 0 radical (unpaired) electrons. The molecule has 2 saturated heterocycles. The second-order valence-electron chi connectivity index (χ2n) is 5.74. The zero-order chi connectivity index (χ0) is 16.9. The fourth-order valence-electron chi connectivity index (χ4n) is 3.44. The molecule has 0 saturated carbocycles. The molecule has 1 aromatic carbocycles. The summed E-state index contributed by atoms with van der Waals surface area (Å²) < 4.78 is 71.7. The van der Waals surface area contributed by atoms with Crippen LogP contribution >= 0.6 is 0 Å². The van der Waals surface area contributed by atoms with Crippen LogP contribution in [0.15, 0.2) is 0 Å². The summed E-state index contributed by atoms with van der Waals surface area (Å²) in [4.78, 5) is 12.8. The number of primary amides is 1. The van der Waals surface area contributed by atoms with E-state index in [1.807, 2.05) is 0 Å². The molecular weight excluding hydrogens is 323 g/mol. The predicted molar refractivity (Wildman–Crippen MR) is 68.1 cm³/mol. The number of carbonyl (C=O) groups excluding carboxylic acids is 1. The number of hydrogen-bond donors (Lipinski definition) is 1. The summed E-state index contributed by atoms with van der Waals surface area (Å²) in [5.41, 5.74) is 5.28. The van der Waals surface area contributed by atoms with E-state index in [0.717, 1.165) is 0 Å². The third-order valence-corrected chi connectivity index (χ3v) is 4.40. The maximum absolute atomic E-state index is 13.6. The lowest BCUT2D eigenvalue weighted by molar-refractivity contribution is 0.0650. The van der Waals surface area contributed by atoms with E-state index in [2.05, 4.69) is 0 Å². The zero-order valence-corrected chi connectivity index (χ0v) is 11.8. The highest BCUT2D eigenvalue weighted by Crippen LogP contribution is 2.38. The van der Waals surface area contributed by atoms with Gasteiger partial charge in [-0.05, 0) is 12.8 Å². The van der Waals surface area contributed by atoms with Gasteiger partial charge in [-0.25, -0.2) is 18.0 Å². The maximum Gasteiger partial charge on any atom is 0.315 e. The standard InChI is InChI=1S/C14H13F5N2O2/c15-8-9(16)11(18)13(12(19)10(8)17)23-7-3-5-1-2-6(4-7)21(5)14(20)22/h5-7H,1-4H2,(H2,20,22)/t5-,6+,7?. The van der Waals surface area contributed by atoms with Crippen LogP contribution in [0.3, 0.4) is 0 Å². The molecule has 2 fully saturated rings. The fourth-order valence-corrected chi connectivity index (χ4v) is 3.44. The highest BCUT2D eigenvalue weighted by Gasteiger charge is 2.44. The third-order valence-electron chi connectivity index (χ3n) is 4.40. The first-order valence-corrected chi connectivity index (χ1v) is 7.07. The zero-order valence-electron chi connectivity index (χ0n) is 11.8. The van der Waals surface area contributed by atoms with Crippen LogP contribution in [-0.4, -0.2) is 29.1 Å². The Morgan fingerprint density at radius 2 is 1.35 bits per heavy atom. The molecule has 2 bridgehead atoms. The number of ether oxygens (including phenoxy) is 1. The number of fused-ring (bicyclic) bond motifs is 2. The molecule has 2 N–H and O–H groups in total. The van der Waals surface area contributed by atoms with Crippen LogP contribution in [0.4, 0.5) is 26.7 Å². The second-order valence-corrected chi connectivity index (χ2v) is 5.74. The van der Waals surface area contributed by atoms with Crippen LogP contribution in [0.1, 0.15) is 25.7 Å². The number of amides is 2. The van der Waals surface area contributed by atoms with Crippen molar-refractivity contribution in [3.63, 3.8) is 0 Å². The van der Waals surface area contributed by atoms with Crippen molar-refractivity contribution in [3.05, 3.63) is 29.1 Å². The van der Waals surface area contributed by atoms with Gasteiger partial charge in [-0.2, -0.15) is 8.78 Å². The molecule has 3 rings (SSSR count). The molecule has 2 aliphatic rings. The minimum absolute atomic E-state index is 0.221. The summed E-state index contributed by atoms with van der Waals surface area (Å²) in [6.45, 7) is 0. The van der Waals surface area contributed by atoms with Crippen LogP contribution in [0.5, 0.6) is 5.75 Å². The average Bonchev–Trinajstić information content (AvgIpc) is 2.79. The molecule has 0 aliphatic carbocycles. The minimum Gasteiger partial charge on any atom is -0.484 e. The van der Waals surface area contributed by atoms with E-state index in [-0.39, 0.29) is 24.9 Å². The van der Waals surface area contributed by atoms with Crippen molar-refractivity contribution in [1.82, 2.24) is 4.90 Å². The van der Waals surface area contributed by atoms with E-state index in [1.165, 1.54) is 4.90 Å². The molecule has 126 valence electrons. The summed E-state index contributed by atoms with van der Waals surface area (Å²) in [6.07, 6.45) is 1.00. The fraction of sp³-hybridized carbons (Fsp3) is 0.500. The lowest BCUT2D eigenvalue weighted by atomic mass is 10.00. The summed E-state index contributed by atoms with van der Waals surface area (Å²) in [5, 5.41) is 0. The van der Waals surface area contributed by atoms with Gasteiger partial charge in [0.1, 0.15) is 6.10 Å². The second kappa shape index (κ2) is 5.54. The van der Waals surface area contributed by atoms with Crippen molar-refractivity contribution >= 4 is 6.03 Å². The van der Waals surface area contributed by atoms with Crippen molar-refractivity contribution < 1.29 is 31.5 Å². The first-order chi connectivity index (χ1) is 10.8. The molecule has 1 aromatic rings. The van der Waals surface area contributed by atoms with Crippen LogP contribution < -0.4 is 10.5 Å². The monoisotopic (exact) mass is 336 g/mol. The van der Waals surface area contributed by atoms with Crippen molar-refractivity contribution in [2.45, 2.75) is 43.9 Å². The van der Waals surface area contributed by atoms with Gasteiger partial charge in [-0.1, -0.05) is 0 Å². The predicted octanol–water partition coefficient (Wildman–Crippen LogP) is 2.84. The molecular formula is C14H13F5N2O2. The van der Waals surface area contributed by atoms with E-state index in [0.29, 0.717) is 12.8 Å². The van der Waals surface area contributed by atoms with E-state index < -0.39 is 47.0 Å². The number of nitrogens with zero attached hydrogens (tertiary/aromatic N) is 1. The molecule has 9 heteroatoms. The minimum atomic E-state index is -2.23. The largest absolute Gasteiger partial charge is 0.484 e. The van der Waals surface area contributed by atoms with Crippen LogP contribution in [-0.2, 0) is 0 Å². The van der Waals surface area contributed by atoms with Crippen molar-refractivity contribution in [2.24, 2.45) is 5.73 Å². The van der Waals surface area contributed by atoms with Gasteiger partial charge in [0, 0.05) is 24.9 Å². The van der Waals surface area contributed by atoms with Gasteiger partial charge in [0.25, 0.3) is 0 Å². The van der Waals surface area contributed by atoms with Crippen LogP contribution in [0.2, 0.25) is 0 Å². The summed E-state index contributed by atoms with van der Waals surface area (Å²) in [7, 11) is 0. The van der Waals surface area contributed by atoms with Gasteiger partial charge >= 0.3 is 6.03 Å². The lowest BCUT2D eigenvalue weighted by Crippen LogP contribution is -2.51. The molecule has 2 amide bonds. The molecule has 0 aromatic heterocycles. The Labute approximate surface area is 128 Å². The Hall–Kier alpha value is -2.06. The maximum atomic E-state index is 13.6. The van der Waals surface area contributed by atoms with Gasteiger partial charge in [0.2, 0.25) is 29.1 Å². The number of urea groups is 1. The molecule has 2 aliphatic heterocycles. The third kappa shape index (κ3) is 2.47. The highest BCUT2D eigenvalue weighted by atomic mass is 19.2. The van der Waals surface area contributed by atoms with Gasteiger partial charge in [0.05, 0.1) is 0 Å². The van der Waals surface area contributed by atoms with Gasteiger partial charge in [-0.15, -0.1) is 0 Å². The number of carbonyl (C=O) groups is 1. The SMILES string of the molecule is NC(=O)N1[C@@H]2CC[C@H]1CC(Oc1c(F)c(F)c(F)c(F)c1F)C2. The Bertz CT molecular complexity index is 626. The summed E-state index contributed by atoms with van der Waals surface area (Å²) in [5.74, 6) is -11.6. The molecule has 0 spiro atoms. The first-order valence-electron chi connectivity index (χ1n) is 7.07. The number of rotatable bonds is 2. The Kier molecular flexibility index (Phi) is 3.81. The number of piperidine rings is 1. The summed E-state index contributed by atoms with van der Waals surface area (Å²) in [6, 6.07) is -1.10. The normalized spacial score (nSPS) is 26.5. The topological polar surface area (TPSA) is 55.6 Å². The number of halogens is 5. The van der Waals surface area contributed by atoms with Gasteiger partial charge in [0.15, 0.2) is 5.75 Å². The lowest BCUT2D eigenvalue weighted by Gasteiger charge is -2.37. The van der Waals surface area contributed by atoms with Gasteiger partial charge in [-0.3, -0.25) is 0 Å². The van der Waals surface area contributed by atoms with E-state index in [4.69, 9.17) is 10.5 Å². The molecule has 4 nitrogen and oxygen atoms in total. The Balaban J connectivity index is 1.84. The molecule has 2 heterocycles. The van der Waals surface area contributed by atoms with Crippen molar-refractivity contribution in [1.29, 1.82) is 0 Å². The molecule has 23 heavy (non-hydrogen) atoms. The van der Waals surface area contributed by atoms with Crippen molar-refractivity contribution in [3.8, 4) is 5.75 Å². The Morgan fingerprint density at radius 1 is 0.913 bits per heavy atom. The molecule has 3 atom stereocenters. The quantitative estimate of drug-likeness (QED) is 0.513. The number of nitrogens with two attached hydrogens (primary N) is 1. The van der Waals surface area contributed by atoms with Crippen LogP contribution in [0, 0.1) is 29.1 Å². The van der Waals surface area contributed by atoms with Gasteiger partial charge < -0.3 is 15.4 Å². The Morgan fingerprint density at radius 3 is 1.78 bits per heavy atom. The van der Waals surface area contributed by atoms with E-state index >= 15 is 0 Å². The first kappa shape index (κ1) is 15.8. The van der Waals surface area contributed by atoms with E-state index in [1.54, 1.807) is 0 Å². The summed E-state index contributed by atoms with van der Waals surface area (Å²) >= 11 is 0.